The number of nitrogens with zero attached hydrogens (tertiary/aromatic N) is 1. The second-order valence-corrected chi connectivity index (χ2v) is 4.27. The topological polar surface area (TPSA) is 85.3 Å². The SMILES string of the molecule is CCCC.CCCC.CCCC.CCCC.O.O.[N-]=C=S.[Sn].[Sn]. The van der Waals surface area contributed by atoms with Gasteiger partial charge >= 0.3 is 0 Å². The van der Waals surface area contributed by atoms with Crippen molar-refractivity contribution in [3.8, 4) is 0 Å². The van der Waals surface area contributed by atoms with Crippen molar-refractivity contribution in [2.24, 2.45) is 0 Å². The second kappa shape index (κ2) is 109. The van der Waals surface area contributed by atoms with Gasteiger partial charge in [-0.3, -0.25) is 0 Å². The first kappa shape index (κ1) is 56.4. The average molecular weight is 564 g/mol. The summed E-state index contributed by atoms with van der Waals surface area (Å²) in [5, 5.41) is 8.47. The summed E-state index contributed by atoms with van der Waals surface area (Å²) in [6.07, 6.45) is 10.6. The summed E-state index contributed by atoms with van der Waals surface area (Å²) in [7, 11) is 0. The molecule has 0 rings (SSSR count). The Morgan fingerprint density at radius 3 is 0.565 bits per heavy atom. The first-order valence-corrected chi connectivity index (χ1v) is 8.49. The van der Waals surface area contributed by atoms with E-state index in [0.29, 0.717) is 0 Å². The van der Waals surface area contributed by atoms with Gasteiger partial charge in [-0.25, -0.2) is 0 Å². The molecule has 8 radical (unpaired) electrons. The predicted octanol–water partition coefficient (Wildman–Crippen LogP) is 5.47. The summed E-state index contributed by atoms with van der Waals surface area (Å²) >= 11 is 3.70. The van der Waals surface area contributed by atoms with Crippen LogP contribution in [0.1, 0.15) is 107 Å². The molecule has 0 aromatic carbocycles. The van der Waals surface area contributed by atoms with E-state index in [2.05, 4.69) is 67.6 Å². The van der Waals surface area contributed by atoms with Crippen molar-refractivity contribution < 1.29 is 11.0 Å². The minimum absolute atomic E-state index is 0. The molecule has 0 aliphatic carbocycles. The van der Waals surface area contributed by atoms with Crippen LogP contribution in [0.5, 0.6) is 0 Å². The molecule has 0 heterocycles. The number of hydrogen-bond donors (Lipinski definition) is 0. The summed E-state index contributed by atoms with van der Waals surface area (Å²) in [4.78, 5) is 0. The quantitative estimate of drug-likeness (QED) is 0.253. The molecule has 0 aromatic rings. The maximum absolute atomic E-state index is 7.13. The van der Waals surface area contributed by atoms with Crippen molar-refractivity contribution in [1.82, 2.24) is 0 Å². The normalized spacial score (nSPS) is 5.57. The molecule has 0 unspecified atom stereocenters. The molecule has 0 aliphatic rings. The molecular weight excluding hydrogens is 520 g/mol. The van der Waals surface area contributed by atoms with Gasteiger partial charge in [0.05, 0.1) is 0 Å². The van der Waals surface area contributed by atoms with Gasteiger partial charge in [0.1, 0.15) is 0 Å². The van der Waals surface area contributed by atoms with Crippen LogP contribution in [0.15, 0.2) is 0 Å². The molecule has 0 fully saturated rings. The largest absolute Gasteiger partial charge is 0.753 e. The van der Waals surface area contributed by atoms with Crippen LogP contribution in [-0.2, 0) is 0 Å². The summed E-state index contributed by atoms with van der Waals surface area (Å²) < 4.78 is 0. The molecule has 0 saturated heterocycles. The summed E-state index contributed by atoms with van der Waals surface area (Å²) in [6.45, 7) is 17.4. The molecule has 0 aromatic heterocycles. The maximum atomic E-state index is 7.13. The van der Waals surface area contributed by atoms with Gasteiger partial charge in [0.15, 0.2) is 0 Å². The fourth-order valence-corrected chi connectivity index (χ4v) is 0. The van der Waals surface area contributed by atoms with Crippen molar-refractivity contribution in [3.63, 3.8) is 0 Å². The Balaban J connectivity index is -0.0000000146. The number of hydrogen-bond acceptors (Lipinski definition) is 1. The van der Waals surface area contributed by atoms with E-state index in [4.69, 9.17) is 5.41 Å². The number of thiocarbonyl (C=S) groups is 1. The van der Waals surface area contributed by atoms with Gasteiger partial charge in [-0.15, -0.1) is 0 Å². The molecule has 3 nitrogen and oxygen atoms in total. The third-order valence-electron chi connectivity index (χ3n) is 2.00. The number of unbranched alkanes of at least 4 members (excludes halogenated alkanes) is 4. The molecule has 4 N–H and O–H groups in total. The minimum atomic E-state index is 0. The minimum Gasteiger partial charge on any atom is -0.753 e. The molecule has 0 amide bonds. The fourth-order valence-electron chi connectivity index (χ4n) is 0. The molecule has 0 aliphatic heterocycles. The third-order valence-corrected chi connectivity index (χ3v) is 2.00. The Labute approximate surface area is 187 Å². The average Bonchev–Trinajstić information content (AvgIpc) is 2.48. The van der Waals surface area contributed by atoms with E-state index < -0.39 is 0 Å². The summed E-state index contributed by atoms with van der Waals surface area (Å²) in [5.41, 5.74) is 0. The van der Waals surface area contributed by atoms with Gasteiger partial charge in [-0.1, -0.05) is 119 Å². The Morgan fingerprint density at radius 1 is 0.522 bits per heavy atom. The van der Waals surface area contributed by atoms with E-state index in [9.17, 15) is 0 Å². The summed E-state index contributed by atoms with van der Waals surface area (Å²) in [5.74, 6) is 0. The van der Waals surface area contributed by atoms with Crippen molar-refractivity contribution in [1.29, 1.82) is 0 Å². The molecule has 6 heteroatoms. The van der Waals surface area contributed by atoms with Crippen LogP contribution in [0, 0.1) is 0 Å². The second-order valence-electron chi connectivity index (χ2n) is 4.09. The molecule has 0 saturated carbocycles. The number of isothiocyanates is 1. The van der Waals surface area contributed by atoms with Gasteiger partial charge in [-0.2, -0.15) is 5.16 Å². The van der Waals surface area contributed by atoms with Crippen LogP contribution in [0.25, 0.3) is 5.41 Å². The molecule has 0 bridgehead atoms. The summed E-state index contributed by atoms with van der Waals surface area (Å²) in [6, 6.07) is 0. The van der Waals surface area contributed by atoms with Crippen LogP contribution in [0.4, 0.5) is 0 Å². The van der Waals surface area contributed by atoms with E-state index >= 15 is 0 Å². The van der Waals surface area contributed by atoms with E-state index in [1.54, 1.807) is 0 Å². The Morgan fingerprint density at radius 2 is 0.565 bits per heavy atom. The fraction of sp³-hybridized carbons (Fsp3) is 0.941. The first-order valence-electron chi connectivity index (χ1n) is 8.08. The van der Waals surface area contributed by atoms with Crippen molar-refractivity contribution in [2.45, 2.75) is 107 Å². The number of rotatable bonds is 4. The monoisotopic (exact) mass is 566 g/mol. The molecular formula is C17H44NO2SSn2-. The van der Waals surface area contributed by atoms with Gasteiger partial charge in [0.25, 0.3) is 0 Å². The molecule has 23 heavy (non-hydrogen) atoms. The van der Waals surface area contributed by atoms with Crippen LogP contribution < -0.4 is 0 Å². The van der Waals surface area contributed by atoms with Gasteiger partial charge in [0, 0.05) is 47.8 Å². The van der Waals surface area contributed by atoms with Gasteiger partial charge < -0.3 is 16.4 Å². The van der Waals surface area contributed by atoms with E-state index in [1.165, 1.54) is 56.5 Å². The zero-order chi connectivity index (χ0) is 16.4. The van der Waals surface area contributed by atoms with E-state index in [-0.39, 0.29) is 58.8 Å². The van der Waals surface area contributed by atoms with Crippen LogP contribution in [-0.4, -0.2) is 63.9 Å². The zero-order valence-electron chi connectivity index (χ0n) is 17.0. The van der Waals surface area contributed by atoms with Crippen LogP contribution in [0.3, 0.4) is 0 Å². The maximum Gasteiger partial charge on any atom is 0 e. The van der Waals surface area contributed by atoms with Crippen LogP contribution in [0.2, 0.25) is 0 Å². The van der Waals surface area contributed by atoms with Crippen molar-refractivity contribution in [3.05, 3.63) is 5.41 Å². The zero-order valence-corrected chi connectivity index (χ0v) is 23.5. The van der Waals surface area contributed by atoms with E-state index in [0.717, 1.165) is 0 Å². The standard InChI is InChI=1S/4C4H10.CNS.2H2O.2Sn/c4*1-3-4-2;2-1-3;;;;/h4*3-4H2,1-2H3;;2*1H2;;/q;;;;-1;;;;. The predicted molar refractivity (Wildman–Crippen MR) is 117 cm³/mol. The Kier molecular flexibility index (Phi) is 267. The molecule has 0 spiro atoms. The van der Waals surface area contributed by atoms with Crippen LogP contribution >= 0.6 is 12.2 Å². The molecule has 0 atom stereocenters. The Hall–Kier alpha value is 1.32. The first-order chi connectivity index (χ1) is 9.07. The Bertz CT molecular complexity index is 103. The third kappa shape index (κ3) is 375. The van der Waals surface area contributed by atoms with E-state index in [1.807, 2.05) is 0 Å². The smallest absolute Gasteiger partial charge is 0 e. The van der Waals surface area contributed by atoms with Gasteiger partial charge in [-0.05, 0) is 0 Å². The van der Waals surface area contributed by atoms with Crippen molar-refractivity contribution in [2.75, 3.05) is 0 Å². The molecule has 144 valence electrons. The van der Waals surface area contributed by atoms with Crippen molar-refractivity contribution >= 4 is 65.2 Å². The van der Waals surface area contributed by atoms with Gasteiger partial charge in [0.2, 0.25) is 0 Å².